The summed E-state index contributed by atoms with van der Waals surface area (Å²) in [6, 6.07) is 8.23. The Hall–Kier alpha value is -1.06. The largest absolute Gasteiger partial charge is 0.496 e. The molecule has 3 heteroatoms. The van der Waals surface area contributed by atoms with Crippen molar-refractivity contribution in [1.29, 1.82) is 0 Å². The molecule has 1 N–H and O–H groups in total. The second kappa shape index (κ2) is 7.51. The number of methoxy groups -OCH3 is 1. The fraction of sp³-hybridized carbons (Fsp3) is 0.625. The van der Waals surface area contributed by atoms with E-state index in [1.54, 1.807) is 7.11 Å². The van der Waals surface area contributed by atoms with Gasteiger partial charge in [-0.1, -0.05) is 39.0 Å². The molecule has 0 aliphatic rings. The Morgan fingerprint density at radius 1 is 1.21 bits per heavy atom. The van der Waals surface area contributed by atoms with Crippen LogP contribution in [0.5, 0.6) is 5.75 Å². The Labute approximate surface area is 117 Å². The summed E-state index contributed by atoms with van der Waals surface area (Å²) in [6.45, 7) is 8.13. The molecule has 0 aliphatic carbocycles. The first-order valence-corrected chi connectivity index (χ1v) is 6.86. The second-order valence-electron chi connectivity index (χ2n) is 5.97. The molecule has 0 aromatic heterocycles. The van der Waals surface area contributed by atoms with Crippen molar-refractivity contribution in [1.82, 2.24) is 5.32 Å². The molecule has 0 spiro atoms. The van der Waals surface area contributed by atoms with E-state index in [0.29, 0.717) is 12.0 Å². The van der Waals surface area contributed by atoms with Gasteiger partial charge in [-0.05, 0) is 24.9 Å². The van der Waals surface area contributed by atoms with Gasteiger partial charge in [-0.2, -0.15) is 0 Å². The van der Waals surface area contributed by atoms with Crippen molar-refractivity contribution in [3.8, 4) is 5.75 Å². The predicted octanol–water partition coefficient (Wildman–Crippen LogP) is 3.41. The highest BCUT2D eigenvalue weighted by atomic mass is 16.5. The molecular weight excluding hydrogens is 238 g/mol. The highest BCUT2D eigenvalue weighted by Crippen LogP contribution is 2.25. The maximum Gasteiger partial charge on any atom is 0.123 e. The van der Waals surface area contributed by atoms with Gasteiger partial charge in [0.1, 0.15) is 5.75 Å². The number of para-hydroxylation sites is 1. The molecule has 0 saturated heterocycles. The minimum absolute atomic E-state index is 0.163. The summed E-state index contributed by atoms with van der Waals surface area (Å²) in [5.41, 5.74) is 1.46. The van der Waals surface area contributed by atoms with Crippen LogP contribution in [0.4, 0.5) is 0 Å². The first-order chi connectivity index (χ1) is 8.98. The van der Waals surface area contributed by atoms with Crippen molar-refractivity contribution in [3.05, 3.63) is 29.8 Å². The van der Waals surface area contributed by atoms with Gasteiger partial charge < -0.3 is 14.8 Å². The third kappa shape index (κ3) is 5.62. The number of hydrogen-bond donors (Lipinski definition) is 1. The Morgan fingerprint density at radius 2 is 1.89 bits per heavy atom. The van der Waals surface area contributed by atoms with Gasteiger partial charge in [-0.15, -0.1) is 0 Å². The molecule has 1 atom stereocenters. The van der Waals surface area contributed by atoms with Gasteiger partial charge in [0, 0.05) is 12.2 Å². The van der Waals surface area contributed by atoms with Crippen LogP contribution < -0.4 is 10.1 Å². The highest BCUT2D eigenvalue weighted by molar-refractivity contribution is 5.35. The van der Waals surface area contributed by atoms with E-state index >= 15 is 0 Å². The molecule has 0 fully saturated rings. The van der Waals surface area contributed by atoms with Gasteiger partial charge in [-0.25, -0.2) is 0 Å². The van der Waals surface area contributed by atoms with Crippen LogP contribution in [0.2, 0.25) is 0 Å². The van der Waals surface area contributed by atoms with E-state index in [0.717, 1.165) is 24.3 Å². The van der Waals surface area contributed by atoms with Gasteiger partial charge in [0.05, 0.1) is 19.8 Å². The van der Waals surface area contributed by atoms with Crippen molar-refractivity contribution in [2.45, 2.75) is 33.2 Å². The number of benzene rings is 1. The lowest BCUT2D eigenvalue weighted by atomic mass is 9.93. The van der Waals surface area contributed by atoms with Crippen molar-refractivity contribution < 1.29 is 9.47 Å². The number of rotatable bonds is 7. The maximum absolute atomic E-state index is 5.80. The second-order valence-corrected chi connectivity index (χ2v) is 5.97. The van der Waals surface area contributed by atoms with E-state index in [2.05, 4.69) is 32.2 Å². The van der Waals surface area contributed by atoms with E-state index in [1.807, 2.05) is 25.2 Å². The molecule has 0 aliphatic heterocycles. The Morgan fingerprint density at radius 3 is 2.47 bits per heavy atom. The van der Waals surface area contributed by atoms with E-state index in [1.165, 1.54) is 0 Å². The molecular formula is C16H27NO2. The van der Waals surface area contributed by atoms with Crippen molar-refractivity contribution in [2.75, 3.05) is 27.4 Å². The lowest BCUT2D eigenvalue weighted by molar-refractivity contribution is 0.0908. The number of nitrogens with one attached hydrogen (secondary N) is 1. The Bertz CT molecular complexity index is 371. The average molecular weight is 265 g/mol. The van der Waals surface area contributed by atoms with Crippen LogP contribution in [-0.2, 0) is 4.74 Å². The summed E-state index contributed by atoms with van der Waals surface area (Å²) < 4.78 is 11.2. The normalized spacial score (nSPS) is 13.3. The Kier molecular flexibility index (Phi) is 6.32. The Balaban J connectivity index is 2.54. The third-order valence-electron chi connectivity index (χ3n) is 3.14. The van der Waals surface area contributed by atoms with Crippen LogP contribution in [0, 0.1) is 5.41 Å². The molecule has 1 aromatic rings. The quantitative estimate of drug-likeness (QED) is 0.766. The SMILES string of the molecule is CNC(COCCC(C)(C)C)c1ccccc1OC. The van der Waals surface area contributed by atoms with Crippen molar-refractivity contribution in [3.63, 3.8) is 0 Å². The summed E-state index contributed by atoms with van der Waals surface area (Å²) in [5.74, 6) is 0.904. The molecule has 1 unspecified atom stereocenters. The van der Waals surface area contributed by atoms with Gasteiger partial charge in [0.25, 0.3) is 0 Å². The first-order valence-electron chi connectivity index (χ1n) is 6.86. The van der Waals surface area contributed by atoms with Gasteiger partial charge in [0.15, 0.2) is 0 Å². The van der Waals surface area contributed by atoms with Crippen molar-refractivity contribution >= 4 is 0 Å². The van der Waals surface area contributed by atoms with E-state index in [4.69, 9.17) is 9.47 Å². The topological polar surface area (TPSA) is 30.5 Å². The summed E-state index contributed by atoms with van der Waals surface area (Å²) in [6.07, 6.45) is 1.06. The van der Waals surface area contributed by atoms with E-state index < -0.39 is 0 Å². The molecule has 19 heavy (non-hydrogen) atoms. The molecule has 0 amide bonds. The van der Waals surface area contributed by atoms with Crippen LogP contribution in [0.3, 0.4) is 0 Å². The lowest BCUT2D eigenvalue weighted by Crippen LogP contribution is -2.23. The zero-order valence-corrected chi connectivity index (χ0v) is 12.8. The molecule has 3 nitrogen and oxygen atoms in total. The van der Waals surface area contributed by atoms with Crippen molar-refractivity contribution in [2.24, 2.45) is 5.41 Å². The fourth-order valence-corrected chi connectivity index (χ4v) is 1.86. The van der Waals surface area contributed by atoms with Gasteiger partial charge >= 0.3 is 0 Å². The summed E-state index contributed by atoms with van der Waals surface area (Å²) in [5, 5.41) is 3.29. The first kappa shape index (κ1) is 16.0. The fourth-order valence-electron chi connectivity index (χ4n) is 1.86. The molecule has 0 heterocycles. The zero-order chi connectivity index (χ0) is 14.3. The summed E-state index contributed by atoms with van der Waals surface area (Å²) in [7, 11) is 3.65. The minimum atomic E-state index is 0.163. The highest BCUT2D eigenvalue weighted by Gasteiger charge is 2.15. The van der Waals surface area contributed by atoms with Crippen LogP contribution >= 0.6 is 0 Å². The standard InChI is InChI=1S/C16H27NO2/c1-16(2,3)10-11-19-12-14(17-4)13-8-6-7-9-15(13)18-5/h6-9,14,17H,10-12H2,1-5H3. The third-order valence-corrected chi connectivity index (χ3v) is 3.14. The van der Waals surface area contributed by atoms with Crippen LogP contribution in [0.15, 0.2) is 24.3 Å². The van der Waals surface area contributed by atoms with E-state index in [-0.39, 0.29) is 6.04 Å². The van der Waals surface area contributed by atoms with Crippen LogP contribution in [0.25, 0.3) is 0 Å². The minimum Gasteiger partial charge on any atom is -0.496 e. The van der Waals surface area contributed by atoms with Crippen LogP contribution in [0.1, 0.15) is 38.8 Å². The lowest BCUT2D eigenvalue weighted by Gasteiger charge is -2.21. The molecule has 0 bridgehead atoms. The molecule has 1 aromatic carbocycles. The van der Waals surface area contributed by atoms with Gasteiger partial charge in [0.2, 0.25) is 0 Å². The number of hydrogen-bond acceptors (Lipinski definition) is 3. The smallest absolute Gasteiger partial charge is 0.123 e. The number of likely N-dealkylation sites (N-methyl/N-ethyl adjacent to an activating group) is 1. The number of ether oxygens (including phenoxy) is 2. The molecule has 0 radical (unpaired) electrons. The maximum atomic E-state index is 5.80. The molecule has 108 valence electrons. The zero-order valence-electron chi connectivity index (χ0n) is 12.8. The van der Waals surface area contributed by atoms with Crippen LogP contribution in [-0.4, -0.2) is 27.4 Å². The molecule has 0 saturated carbocycles. The summed E-state index contributed by atoms with van der Waals surface area (Å²) >= 11 is 0. The summed E-state index contributed by atoms with van der Waals surface area (Å²) in [4.78, 5) is 0. The monoisotopic (exact) mass is 265 g/mol. The predicted molar refractivity (Wildman–Crippen MR) is 79.7 cm³/mol. The average Bonchev–Trinajstić information content (AvgIpc) is 2.38. The van der Waals surface area contributed by atoms with Gasteiger partial charge in [-0.3, -0.25) is 0 Å². The van der Waals surface area contributed by atoms with E-state index in [9.17, 15) is 0 Å². The molecule has 1 rings (SSSR count).